The first-order valence-electron chi connectivity index (χ1n) is 22.0. The molecule has 0 radical (unpaired) electrons. The largest absolute Gasteiger partial charge is 0.456 e. The lowest BCUT2D eigenvalue weighted by atomic mass is 9.67. The average molecular weight is 817 g/mol. The molecule has 0 atom stereocenters. The molecule has 12 aromatic rings. The van der Waals surface area contributed by atoms with E-state index in [2.05, 4.69) is 252 Å². The van der Waals surface area contributed by atoms with Crippen molar-refractivity contribution in [1.82, 2.24) is 4.57 Å². The highest BCUT2D eigenvalue weighted by molar-refractivity contribution is 6.12. The molecule has 1 aliphatic carbocycles. The van der Waals surface area contributed by atoms with Crippen LogP contribution in [-0.4, -0.2) is 4.57 Å². The molecule has 300 valence electrons. The molecule has 0 N–H and O–H groups in total. The third-order valence-electron chi connectivity index (χ3n) is 13.5. The molecule has 0 saturated heterocycles. The second-order valence-electron chi connectivity index (χ2n) is 16.8. The first-order chi connectivity index (χ1) is 31.7. The molecule has 1 aliphatic rings. The van der Waals surface area contributed by atoms with Gasteiger partial charge in [-0.15, -0.1) is 0 Å². The van der Waals surface area contributed by atoms with Gasteiger partial charge in [-0.1, -0.05) is 170 Å². The monoisotopic (exact) mass is 816 g/mol. The number of furan rings is 1. The van der Waals surface area contributed by atoms with Crippen molar-refractivity contribution in [1.29, 1.82) is 0 Å². The quantitative estimate of drug-likeness (QED) is 0.160. The SMILES string of the molecule is c1ccc(-c2ccc(N(c3ccc4oc5cc6c(cc5c4c3)-c3ccccc3C6(c3ccccc3)c3ccccc3)c3ccc4c5ccccc5n(-c5ccccc5)c4c3)cc2)cc1. The van der Waals surface area contributed by atoms with Crippen LogP contribution in [0.25, 0.3) is 71.7 Å². The Labute approximate surface area is 371 Å². The van der Waals surface area contributed by atoms with Gasteiger partial charge in [-0.2, -0.15) is 0 Å². The third-order valence-corrected chi connectivity index (χ3v) is 13.5. The zero-order chi connectivity index (χ0) is 42.2. The van der Waals surface area contributed by atoms with E-state index < -0.39 is 5.41 Å². The lowest BCUT2D eigenvalue weighted by Gasteiger charge is -2.33. The van der Waals surface area contributed by atoms with Gasteiger partial charge in [0.05, 0.1) is 16.4 Å². The Bertz CT molecular complexity index is 3660. The normalized spacial score (nSPS) is 12.8. The summed E-state index contributed by atoms with van der Waals surface area (Å²) in [6.45, 7) is 0. The molecule has 2 heterocycles. The van der Waals surface area contributed by atoms with E-state index in [1.165, 1.54) is 60.8 Å². The van der Waals surface area contributed by atoms with Crippen LogP contribution >= 0.6 is 0 Å². The van der Waals surface area contributed by atoms with E-state index in [4.69, 9.17) is 4.42 Å². The molecule has 0 amide bonds. The summed E-state index contributed by atoms with van der Waals surface area (Å²) in [6.07, 6.45) is 0. The number of nitrogens with zero attached hydrogens (tertiary/aromatic N) is 2. The molecule has 13 rings (SSSR count). The Balaban J connectivity index is 1.03. The van der Waals surface area contributed by atoms with Crippen LogP contribution in [0.15, 0.2) is 247 Å². The number of fused-ring (bicyclic) bond motifs is 9. The third kappa shape index (κ3) is 5.41. The molecule has 3 nitrogen and oxygen atoms in total. The Morgan fingerprint density at radius 2 is 0.906 bits per heavy atom. The van der Waals surface area contributed by atoms with E-state index in [1.54, 1.807) is 0 Å². The highest BCUT2D eigenvalue weighted by Gasteiger charge is 2.46. The van der Waals surface area contributed by atoms with Gasteiger partial charge in [-0.3, -0.25) is 0 Å². The summed E-state index contributed by atoms with van der Waals surface area (Å²) in [5.74, 6) is 0. The van der Waals surface area contributed by atoms with Crippen LogP contribution in [0.5, 0.6) is 0 Å². The standard InChI is InChI=1S/C61H40N2O/c1-5-17-41(18-6-1)42-29-31-46(32-30-42)62(48-33-35-51-50-26-14-16-28-57(50)63(58(51)38-48)45-23-11-4-12-24-45)47-34-36-59-53(37-47)54-39-52-49-25-13-15-27-55(49)61(43-19-7-2-8-20-43,44-21-9-3-10-22-44)56(52)40-60(54)64-59/h1-40H. The molecule has 0 bridgehead atoms. The molecule has 2 aromatic heterocycles. The Morgan fingerprint density at radius 1 is 0.344 bits per heavy atom. The van der Waals surface area contributed by atoms with Gasteiger partial charge >= 0.3 is 0 Å². The van der Waals surface area contributed by atoms with Crippen LogP contribution in [0.3, 0.4) is 0 Å². The summed E-state index contributed by atoms with van der Waals surface area (Å²) >= 11 is 0. The summed E-state index contributed by atoms with van der Waals surface area (Å²) in [4.78, 5) is 2.39. The van der Waals surface area contributed by atoms with Crippen LogP contribution in [0, 0.1) is 0 Å². The number of para-hydroxylation sites is 2. The van der Waals surface area contributed by atoms with Crippen LogP contribution in [0.1, 0.15) is 22.3 Å². The molecule has 3 heteroatoms. The van der Waals surface area contributed by atoms with Crippen molar-refractivity contribution in [3.8, 4) is 27.9 Å². The smallest absolute Gasteiger partial charge is 0.135 e. The van der Waals surface area contributed by atoms with Crippen molar-refractivity contribution >= 4 is 60.8 Å². The maximum absolute atomic E-state index is 6.89. The lowest BCUT2D eigenvalue weighted by molar-refractivity contribution is 0.666. The first-order valence-corrected chi connectivity index (χ1v) is 22.0. The van der Waals surface area contributed by atoms with Crippen molar-refractivity contribution < 1.29 is 4.42 Å². The zero-order valence-corrected chi connectivity index (χ0v) is 34.9. The minimum absolute atomic E-state index is 0.504. The van der Waals surface area contributed by atoms with E-state index in [9.17, 15) is 0 Å². The van der Waals surface area contributed by atoms with Crippen molar-refractivity contribution in [3.05, 3.63) is 265 Å². The van der Waals surface area contributed by atoms with Crippen molar-refractivity contribution in [2.45, 2.75) is 5.41 Å². The van der Waals surface area contributed by atoms with E-state index in [1.807, 2.05) is 0 Å². The van der Waals surface area contributed by atoms with Gasteiger partial charge in [0.15, 0.2) is 0 Å². The fourth-order valence-electron chi connectivity index (χ4n) is 10.7. The number of aromatic nitrogens is 1. The average Bonchev–Trinajstić information content (AvgIpc) is 4.00. The van der Waals surface area contributed by atoms with Crippen molar-refractivity contribution in [3.63, 3.8) is 0 Å². The molecule has 0 aliphatic heterocycles. The van der Waals surface area contributed by atoms with Crippen molar-refractivity contribution in [2.75, 3.05) is 4.90 Å². The predicted octanol–water partition coefficient (Wildman–Crippen LogP) is 16.2. The Hall–Kier alpha value is -8.40. The number of anilines is 3. The molecule has 0 fully saturated rings. The summed E-state index contributed by atoms with van der Waals surface area (Å²) in [5.41, 5.74) is 17.7. The molecule has 0 unspecified atom stereocenters. The highest BCUT2D eigenvalue weighted by atomic mass is 16.3. The number of benzene rings is 10. The molecule has 0 saturated carbocycles. The van der Waals surface area contributed by atoms with E-state index >= 15 is 0 Å². The minimum Gasteiger partial charge on any atom is -0.456 e. The van der Waals surface area contributed by atoms with Crippen LogP contribution in [-0.2, 0) is 5.41 Å². The maximum atomic E-state index is 6.89. The summed E-state index contributed by atoms with van der Waals surface area (Å²) < 4.78 is 9.28. The van der Waals surface area contributed by atoms with Gasteiger partial charge < -0.3 is 13.9 Å². The van der Waals surface area contributed by atoms with E-state index in [-0.39, 0.29) is 0 Å². The van der Waals surface area contributed by atoms with E-state index in [0.717, 1.165) is 50.2 Å². The zero-order valence-electron chi connectivity index (χ0n) is 34.9. The van der Waals surface area contributed by atoms with Gasteiger partial charge in [-0.05, 0) is 117 Å². The summed E-state index contributed by atoms with van der Waals surface area (Å²) in [5, 5.41) is 4.63. The Morgan fingerprint density at radius 3 is 1.66 bits per heavy atom. The predicted molar refractivity (Wildman–Crippen MR) is 265 cm³/mol. The molecular formula is C61H40N2O. The van der Waals surface area contributed by atoms with E-state index in [0.29, 0.717) is 0 Å². The second kappa shape index (κ2) is 14.3. The molecule has 64 heavy (non-hydrogen) atoms. The Kier molecular flexibility index (Phi) is 8.13. The van der Waals surface area contributed by atoms with Crippen LogP contribution in [0.2, 0.25) is 0 Å². The van der Waals surface area contributed by atoms with Gasteiger partial charge in [0.2, 0.25) is 0 Å². The second-order valence-corrected chi connectivity index (χ2v) is 16.8. The molecule has 0 spiro atoms. The molecular weight excluding hydrogens is 777 g/mol. The van der Waals surface area contributed by atoms with Gasteiger partial charge in [0, 0.05) is 44.3 Å². The van der Waals surface area contributed by atoms with Crippen LogP contribution in [0.4, 0.5) is 17.1 Å². The maximum Gasteiger partial charge on any atom is 0.135 e. The van der Waals surface area contributed by atoms with Crippen molar-refractivity contribution in [2.24, 2.45) is 0 Å². The van der Waals surface area contributed by atoms with Gasteiger partial charge in [0.25, 0.3) is 0 Å². The number of hydrogen-bond donors (Lipinski definition) is 0. The summed E-state index contributed by atoms with van der Waals surface area (Å²) in [6, 6.07) is 88.1. The lowest BCUT2D eigenvalue weighted by Crippen LogP contribution is -2.28. The molecule has 10 aromatic carbocycles. The van der Waals surface area contributed by atoms with Crippen LogP contribution < -0.4 is 4.90 Å². The fourth-order valence-corrected chi connectivity index (χ4v) is 10.7. The number of rotatable bonds is 7. The first kappa shape index (κ1) is 36.3. The topological polar surface area (TPSA) is 21.3 Å². The highest BCUT2D eigenvalue weighted by Crippen LogP contribution is 2.57. The summed E-state index contributed by atoms with van der Waals surface area (Å²) in [7, 11) is 0. The minimum atomic E-state index is -0.504. The number of hydrogen-bond acceptors (Lipinski definition) is 2. The van der Waals surface area contributed by atoms with Gasteiger partial charge in [0.1, 0.15) is 11.2 Å². The van der Waals surface area contributed by atoms with Gasteiger partial charge in [-0.25, -0.2) is 0 Å². The fraction of sp³-hybridized carbons (Fsp3) is 0.0164.